The molecule has 1 nitrogen and oxygen atoms in total. The predicted octanol–water partition coefficient (Wildman–Crippen LogP) is 4.07. The molecule has 0 aromatic heterocycles. The number of allylic oxidation sites excluding steroid dienone is 4. The van der Waals surface area contributed by atoms with Gasteiger partial charge >= 0.3 is 0 Å². The quantitative estimate of drug-likeness (QED) is 0.602. The monoisotopic (exact) mass is 197 g/mol. The Kier molecular flexibility index (Phi) is 5.36. The van der Waals surface area contributed by atoms with Crippen LogP contribution in [0.3, 0.4) is 0 Å². The molecule has 0 spiro atoms. The third kappa shape index (κ3) is 4.95. The molecule has 0 N–H and O–H groups in total. The van der Waals surface area contributed by atoms with Crippen molar-refractivity contribution in [2.75, 3.05) is 0 Å². The Morgan fingerprint density at radius 2 is 2.00 bits per heavy atom. The van der Waals surface area contributed by atoms with E-state index in [0.717, 1.165) is 12.1 Å². The number of hydrogen-bond donors (Lipinski definition) is 0. The number of rotatable bonds is 4. The molecule has 0 aromatic carbocycles. The number of hydrogen-bond acceptors (Lipinski definition) is 1. The van der Waals surface area contributed by atoms with E-state index in [1.807, 2.05) is 19.9 Å². The number of halogens is 1. The summed E-state index contributed by atoms with van der Waals surface area (Å²) in [6, 6.07) is 0. The van der Waals surface area contributed by atoms with Crippen molar-refractivity contribution < 1.29 is 4.39 Å². The third-order valence-corrected chi connectivity index (χ3v) is 1.90. The van der Waals surface area contributed by atoms with E-state index in [9.17, 15) is 4.39 Å². The van der Waals surface area contributed by atoms with Gasteiger partial charge in [0.2, 0.25) is 0 Å². The van der Waals surface area contributed by atoms with Crippen molar-refractivity contribution in [2.24, 2.45) is 4.99 Å². The molecular formula is C12H20FN. The Hall–Kier alpha value is -0.920. The summed E-state index contributed by atoms with van der Waals surface area (Å²) >= 11 is 0. The minimum atomic E-state index is -1.31. The first kappa shape index (κ1) is 13.1. The summed E-state index contributed by atoms with van der Waals surface area (Å²) in [4.78, 5) is 4.18. The minimum Gasteiger partial charge on any atom is -0.262 e. The maximum atomic E-state index is 13.5. The van der Waals surface area contributed by atoms with Gasteiger partial charge in [0, 0.05) is 17.5 Å². The normalized spacial score (nSPS) is 15.3. The van der Waals surface area contributed by atoms with Crippen LogP contribution < -0.4 is 0 Å². The number of nitrogens with zero attached hydrogens (tertiary/aromatic N) is 1. The van der Waals surface area contributed by atoms with Gasteiger partial charge in [-0.1, -0.05) is 19.1 Å². The van der Waals surface area contributed by atoms with E-state index in [1.54, 1.807) is 12.3 Å². The van der Waals surface area contributed by atoms with E-state index in [2.05, 4.69) is 11.9 Å². The molecule has 0 bridgehead atoms. The van der Waals surface area contributed by atoms with Gasteiger partial charge in [0.1, 0.15) is 5.67 Å². The van der Waals surface area contributed by atoms with E-state index in [4.69, 9.17) is 0 Å². The van der Waals surface area contributed by atoms with Crippen molar-refractivity contribution in [2.45, 2.75) is 46.7 Å². The highest BCUT2D eigenvalue weighted by atomic mass is 19.1. The molecule has 0 rings (SSSR count). The van der Waals surface area contributed by atoms with Gasteiger partial charge in [-0.2, -0.15) is 0 Å². The smallest absolute Gasteiger partial charge is 0.131 e. The lowest BCUT2D eigenvalue weighted by molar-refractivity contribution is 0.278. The molecule has 0 saturated heterocycles. The molecule has 0 saturated carbocycles. The first-order valence-electron chi connectivity index (χ1n) is 4.98. The highest BCUT2D eigenvalue weighted by Crippen LogP contribution is 2.18. The van der Waals surface area contributed by atoms with Gasteiger partial charge < -0.3 is 0 Å². The molecule has 2 heteroatoms. The zero-order valence-corrected chi connectivity index (χ0v) is 9.76. The molecule has 0 aliphatic heterocycles. The van der Waals surface area contributed by atoms with E-state index >= 15 is 0 Å². The van der Waals surface area contributed by atoms with Crippen LogP contribution in [0.2, 0.25) is 0 Å². The SMILES string of the molecule is C\C=C(/C=N\C(C)=C/CC)C(C)(C)F. The second-order valence-corrected chi connectivity index (χ2v) is 3.73. The van der Waals surface area contributed by atoms with Gasteiger partial charge in [0.05, 0.1) is 0 Å². The van der Waals surface area contributed by atoms with Gasteiger partial charge in [0.15, 0.2) is 0 Å². The van der Waals surface area contributed by atoms with Crippen LogP contribution in [0.1, 0.15) is 41.0 Å². The summed E-state index contributed by atoms with van der Waals surface area (Å²) in [6.45, 7) is 8.86. The van der Waals surface area contributed by atoms with E-state index in [1.165, 1.54) is 13.8 Å². The van der Waals surface area contributed by atoms with Crippen LogP contribution in [-0.4, -0.2) is 11.9 Å². The molecule has 0 aliphatic carbocycles. The van der Waals surface area contributed by atoms with Crippen molar-refractivity contribution in [1.29, 1.82) is 0 Å². The molecule has 80 valence electrons. The minimum absolute atomic E-state index is 0.612. The van der Waals surface area contributed by atoms with Crippen molar-refractivity contribution in [3.8, 4) is 0 Å². The third-order valence-electron chi connectivity index (χ3n) is 1.90. The van der Waals surface area contributed by atoms with Crippen LogP contribution in [0.4, 0.5) is 4.39 Å². The van der Waals surface area contributed by atoms with Gasteiger partial charge in [0.25, 0.3) is 0 Å². The fourth-order valence-electron chi connectivity index (χ4n) is 1.09. The molecular weight excluding hydrogens is 177 g/mol. The first-order valence-corrected chi connectivity index (χ1v) is 4.98. The van der Waals surface area contributed by atoms with Gasteiger partial charge in [-0.15, -0.1) is 0 Å². The number of aliphatic imine (C=N–C) groups is 1. The van der Waals surface area contributed by atoms with E-state index in [-0.39, 0.29) is 0 Å². The lowest BCUT2D eigenvalue weighted by Gasteiger charge is -2.14. The van der Waals surface area contributed by atoms with Gasteiger partial charge in [-0.25, -0.2) is 4.39 Å². The van der Waals surface area contributed by atoms with Crippen molar-refractivity contribution in [1.82, 2.24) is 0 Å². The Balaban J connectivity index is 4.58. The summed E-state index contributed by atoms with van der Waals surface area (Å²) in [7, 11) is 0. The van der Waals surface area contributed by atoms with Crippen LogP contribution in [0.15, 0.2) is 28.4 Å². The van der Waals surface area contributed by atoms with Crippen LogP contribution in [-0.2, 0) is 0 Å². The summed E-state index contributed by atoms with van der Waals surface area (Å²) < 4.78 is 13.5. The molecule has 0 fully saturated rings. The average Bonchev–Trinajstić information content (AvgIpc) is 2.03. The Bertz CT molecular complexity index is 254. The highest BCUT2D eigenvalue weighted by Gasteiger charge is 2.19. The predicted molar refractivity (Wildman–Crippen MR) is 61.5 cm³/mol. The molecule has 0 amide bonds. The van der Waals surface area contributed by atoms with E-state index in [0.29, 0.717) is 5.57 Å². The zero-order chi connectivity index (χ0) is 11.2. The maximum Gasteiger partial charge on any atom is 0.131 e. The molecule has 0 atom stereocenters. The second-order valence-electron chi connectivity index (χ2n) is 3.73. The first-order chi connectivity index (χ1) is 6.41. The fourth-order valence-corrected chi connectivity index (χ4v) is 1.09. The van der Waals surface area contributed by atoms with E-state index < -0.39 is 5.67 Å². The van der Waals surface area contributed by atoms with Crippen LogP contribution in [0.25, 0.3) is 0 Å². The largest absolute Gasteiger partial charge is 0.262 e. The lowest BCUT2D eigenvalue weighted by Crippen LogP contribution is -2.16. The Morgan fingerprint density at radius 1 is 1.43 bits per heavy atom. The number of alkyl halides is 1. The molecule has 0 aliphatic rings. The van der Waals surface area contributed by atoms with Gasteiger partial charge in [-0.05, 0) is 34.1 Å². The Morgan fingerprint density at radius 3 is 2.36 bits per heavy atom. The maximum absolute atomic E-state index is 13.5. The summed E-state index contributed by atoms with van der Waals surface area (Å²) in [6.07, 6.45) is 6.31. The van der Waals surface area contributed by atoms with Gasteiger partial charge in [-0.3, -0.25) is 4.99 Å². The second kappa shape index (κ2) is 5.74. The fraction of sp³-hybridized carbons (Fsp3) is 0.583. The van der Waals surface area contributed by atoms with Crippen LogP contribution >= 0.6 is 0 Å². The topological polar surface area (TPSA) is 12.4 Å². The van der Waals surface area contributed by atoms with Crippen molar-refractivity contribution in [3.63, 3.8) is 0 Å². The van der Waals surface area contributed by atoms with Crippen LogP contribution in [0.5, 0.6) is 0 Å². The summed E-state index contributed by atoms with van der Waals surface area (Å²) in [5.41, 5.74) is 0.225. The van der Waals surface area contributed by atoms with Crippen molar-refractivity contribution >= 4 is 6.21 Å². The molecule has 14 heavy (non-hydrogen) atoms. The molecule has 0 radical (unpaired) electrons. The Labute approximate surface area is 86.4 Å². The molecule has 0 unspecified atom stereocenters. The lowest BCUT2D eigenvalue weighted by atomic mass is 10.0. The standard InChI is InChI=1S/C12H20FN/c1-6-8-10(3)14-9-11(7-2)12(4,5)13/h7-9H,6H2,1-5H3/b10-8-,11-7+,14-9-. The summed E-state index contributed by atoms with van der Waals surface area (Å²) in [5, 5.41) is 0. The molecule has 0 aromatic rings. The summed E-state index contributed by atoms with van der Waals surface area (Å²) in [5.74, 6) is 0. The average molecular weight is 197 g/mol. The van der Waals surface area contributed by atoms with Crippen LogP contribution in [0, 0.1) is 0 Å². The molecule has 0 heterocycles. The van der Waals surface area contributed by atoms with Crippen molar-refractivity contribution in [3.05, 3.63) is 23.4 Å². The highest BCUT2D eigenvalue weighted by molar-refractivity contribution is 5.81. The zero-order valence-electron chi connectivity index (χ0n) is 9.76.